The molecule has 2 heterocycles. The molecule has 0 spiro atoms. The van der Waals surface area contributed by atoms with Crippen molar-refractivity contribution >= 4 is 11.7 Å². The predicted molar refractivity (Wildman–Crippen MR) is 91.5 cm³/mol. The van der Waals surface area contributed by atoms with E-state index >= 15 is 0 Å². The fourth-order valence-corrected chi connectivity index (χ4v) is 2.25. The Morgan fingerprint density at radius 1 is 1.12 bits per heavy atom. The molecular formula is C18H16N4O2. The Morgan fingerprint density at radius 3 is 2.62 bits per heavy atom. The summed E-state index contributed by atoms with van der Waals surface area (Å²) in [6, 6.07) is 14.4. The van der Waals surface area contributed by atoms with E-state index in [2.05, 4.69) is 15.3 Å². The second kappa shape index (κ2) is 6.87. The molecule has 3 rings (SSSR count). The zero-order valence-corrected chi connectivity index (χ0v) is 13.1. The summed E-state index contributed by atoms with van der Waals surface area (Å²) in [5, 5.41) is 2.67. The van der Waals surface area contributed by atoms with Crippen LogP contribution in [0.3, 0.4) is 0 Å². The molecule has 0 aliphatic carbocycles. The summed E-state index contributed by atoms with van der Waals surface area (Å²) >= 11 is 0. The fourth-order valence-electron chi connectivity index (χ4n) is 2.25. The first-order chi connectivity index (χ1) is 11.6. The van der Waals surface area contributed by atoms with Gasteiger partial charge in [0, 0.05) is 17.8 Å². The number of rotatable bonds is 4. The highest BCUT2D eigenvalue weighted by Crippen LogP contribution is 2.13. The van der Waals surface area contributed by atoms with Gasteiger partial charge in [0.25, 0.3) is 5.56 Å². The van der Waals surface area contributed by atoms with E-state index in [1.807, 2.05) is 43.3 Å². The smallest absolute Gasteiger partial charge is 0.254 e. The number of carbonyl (C=O) groups is 1. The Kier molecular flexibility index (Phi) is 4.47. The summed E-state index contributed by atoms with van der Waals surface area (Å²) in [5.74, 6) is 0.131. The van der Waals surface area contributed by atoms with Gasteiger partial charge in [-0.2, -0.15) is 0 Å². The lowest BCUT2D eigenvalue weighted by atomic mass is 10.1. The molecule has 0 aliphatic heterocycles. The van der Waals surface area contributed by atoms with Crippen LogP contribution in [0.2, 0.25) is 0 Å². The van der Waals surface area contributed by atoms with Gasteiger partial charge in [0.2, 0.25) is 5.91 Å². The van der Waals surface area contributed by atoms with Crippen molar-refractivity contribution in [1.82, 2.24) is 14.5 Å². The van der Waals surface area contributed by atoms with Gasteiger partial charge in [0.05, 0.1) is 12.0 Å². The molecule has 120 valence electrons. The maximum atomic E-state index is 12.2. The maximum Gasteiger partial charge on any atom is 0.254 e. The number of hydrogen-bond acceptors (Lipinski definition) is 4. The van der Waals surface area contributed by atoms with Gasteiger partial charge in [0.15, 0.2) is 0 Å². The highest BCUT2D eigenvalue weighted by molar-refractivity contribution is 5.89. The molecule has 1 N–H and O–H groups in total. The van der Waals surface area contributed by atoms with Gasteiger partial charge in [-0.05, 0) is 24.6 Å². The minimum Gasteiger partial charge on any atom is -0.309 e. The molecule has 6 nitrogen and oxygen atoms in total. The Hall–Kier alpha value is -3.28. The third-order valence-electron chi connectivity index (χ3n) is 3.45. The van der Waals surface area contributed by atoms with E-state index in [9.17, 15) is 9.59 Å². The second-order valence-corrected chi connectivity index (χ2v) is 5.37. The lowest BCUT2D eigenvalue weighted by Crippen LogP contribution is -2.27. The van der Waals surface area contributed by atoms with Crippen LogP contribution in [0.4, 0.5) is 5.82 Å². The zero-order chi connectivity index (χ0) is 16.9. The molecule has 1 aromatic carbocycles. The van der Waals surface area contributed by atoms with E-state index < -0.39 is 0 Å². The van der Waals surface area contributed by atoms with Crippen LogP contribution in [0.25, 0.3) is 11.3 Å². The van der Waals surface area contributed by atoms with Crippen molar-refractivity contribution in [3.8, 4) is 11.3 Å². The number of amides is 1. The van der Waals surface area contributed by atoms with Crippen LogP contribution < -0.4 is 10.9 Å². The average Bonchev–Trinajstić information content (AvgIpc) is 2.57. The quantitative estimate of drug-likeness (QED) is 0.800. The van der Waals surface area contributed by atoms with Gasteiger partial charge in [-0.15, -0.1) is 0 Å². The first kappa shape index (κ1) is 15.6. The molecule has 0 saturated heterocycles. The van der Waals surface area contributed by atoms with Crippen LogP contribution in [0.1, 0.15) is 5.56 Å². The first-order valence-electron chi connectivity index (χ1n) is 7.46. The number of nitrogens with zero attached hydrogens (tertiary/aromatic N) is 3. The van der Waals surface area contributed by atoms with Crippen LogP contribution >= 0.6 is 0 Å². The summed E-state index contributed by atoms with van der Waals surface area (Å²) in [6.45, 7) is 1.80. The van der Waals surface area contributed by atoms with Crippen molar-refractivity contribution in [2.75, 3.05) is 5.32 Å². The number of aromatic nitrogens is 3. The molecule has 0 bridgehead atoms. The minimum absolute atomic E-state index is 0.115. The van der Waals surface area contributed by atoms with Gasteiger partial charge in [-0.25, -0.2) is 9.97 Å². The molecule has 0 atom stereocenters. The summed E-state index contributed by atoms with van der Waals surface area (Å²) < 4.78 is 1.26. The molecular weight excluding hydrogens is 304 g/mol. The number of nitrogens with one attached hydrogen (secondary N) is 1. The van der Waals surface area contributed by atoms with Crippen molar-refractivity contribution in [3.63, 3.8) is 0 Å². The van der Waals surface area contributed by atoms with Crippen molar-refractivity contribution in [3.05, 3.63) is 77.0 Å². The highest BCUT2D eigenvalue weighted by Gasteiger charge is 2.08. The van der Waals surface area contributed by atoms with Gasteiger partial charge in [-0.1, -0.05) is 30.3 Å². The van der Waals surface area contributed by atoms with Crippen LogP contribution in [0.5, 0.6) is 0 Å². The molecule has 0 aliphatic rings. The van der Waals surface area contributed by atoms with Gasteiger partial charge in [-0.3, -0.25) is 14.2 Å². The molecule has 3 aromatic rings. The SMILES string of the molecule is Cc1ccnc(NC(=O)Cn2cnc(-c3ccccc3)cc2=O)c1. The molecule has 0 radical (unpaired) electrons. The Labute approximate surface area is 138 Å². The van der Waals surface area contributed by atoms with Gasteiger partial charge >= 0.3 is 0 Å². The normalized spacial score (nSPS) is 10.4. The zero-order valence-electron chi connectivity index (χ0n) is 13.1. The number of pyridine rings is 1. The first-order valence-corrected chi connectivity index (χ1v) is 7.46. The summed E-state index contributed by atoms with van der Waals surface area (Å²) in [7, 11) is 0. The molecule has 1 amide bonds. The molecule has 2 aromatic heterocycles. The highest BCUT2D eigenvalue weighted by atomic mass is 16.2. The number of hydrogen-bond donors (Lipinski definition) is 1. The summed E-state index contributed by atoms with van der Waals surface area (Å²) in [4.78, 5) is 32.6. The molecule has 0 fully saturated rings. The predicted octanol–water partition coefficient (Wildman–Crippen LogP) is 2.25. The third kappa shape index (κ3) is 3.73. The van der Waals surface area contributed by atoms with Crippen LogP contribution in [0.15, 0.2) is 65.8 Å². The van der Waals surface area contributed by atoms with Crippen molar-refractivity contribution < 1.29 is 4.79 Å². The molecule has 0 unspecified atom stereocenters. The Morgan fingerprint density at radius 2 is 1.92 bits per heavy atom. The fraction of sp³-hybridized carbons (Fsp3) is 0.111. The number of aryl methyl sites for hydroxylation is 1. The van der Waals surface area contributed by atoms with Crippen LogP contribution in [-0.2, 0) is 11.3 Å². The van der Waals surface area contributed by atoms with E-state index in [4.69, 9.17) is 0 Å². The van der Waals surface area contributed by atoms with E-state index in [0.29, 0.717) is 11.5 Å². The Balaban J connectivity index is 1.74. The second-order valence-electron chi connectivity index (χ2n) is 5.37. The third-order valence-corrected chi connectivity index (χ3v) is 3.45. The summed E-state index contributed by atoms with van der Waals surface area (Å²) in [6.07, 6.45) is 3.00. The summed E-state index contributed by atoms with van der Waals surface area (Å²) in [5.41, 5.74) is 2.15. The van der Waals surface area contributed by atoms with Gasteiger partial charge in [0.1, 0.15) is 12.4 Å². The van der Waals surface area contributed by atoms with Crippen LogP contribution in [-0.4, -0.2) is 20.4 Å². The van der Waals surface area contributed by atoms with E-state index in [1.54, 1.807) is 12.3 Å². The van der Waals surface area contributed by atoms with Crippen molar-refractivity contribution in [2.24, 2.45) is 0 Å². The Bertz CT molecular complexity index is 920. The lowest BCUT2D eigenvalue weighted by molar-refractivity contribution is -0.116. The largest absolute Gasteiger partial charge is 0.309 e. The molecule has 6 heteroatoms. The minimum atomic E-state index is -0.329. The number of carbonyl (C=O) groups excluding carboxylic acids is 1. The monoisotopic (exact) mass is 320 g/mol. The van der Waals surface area contributed by atoms with Crippen LogP contribution in [0, 0.1) is 6.92 Å². The molecule has 0 saturated carbocycles. The average molecular weight is 320 g/mol. The molecule has 24 heavy (non-hydrogen) atoms. The van der Waals surface area contributed by atoms with E-state index in [-0.39, 0.29) is 18.0 Å². The van der Waals surface area contributed by atoms with Crippen molar-refractivity contribution in [2.45, 2.75) is 13.5 Å². The topological polar surface area (TPSA) is 76.9 Å². The van der Waals surface area contributed by atoms with Gasteiger partial charge < -0.3 is 5.32 Å². The number of benzene rings is 1. The van der Waals surface area contributed by atoms with E-state index in [1.165, 1.54) is 17.0 Å². The van der Waals surface area contributed by atoms with Crippen molar-refractivity contribution in [1.29, 1.82) is 0 Å². The maximum absolute atomic E-state index is 12.2. The lowest BCUT2D eigenvalue weighted by Gasteiger charge is -2.08. The number of anilines is 1. The van der Waals surface area contributed by atoms with E-state index in [0.717, 1.165) is 11.1 Å². The standard InChI is InChI=1S/C18H16N4O2/c1-13-7-8-19-16(9-13)21-17(23)11-22-12-20-15(10-18(22)24)14-5-3-2-4-6-14/h2-10,12H,11H2,1H3,(H,19,21,23).